The molecule has 1 heterocycles. The van der Waals surface area contributed by atoms with Crippen LogP contribution in [0.15, 0.2) is 24.3 Å². The Morgan fingerprint density at radius 3 is 2.71 bits per heavy atom. The van der Waals surface area contributed by atoms with Crippen LogP contribution in [0.4, 0.5) is 4.39 Å². The molecular formula is C13H15BrFNO. The first-order chi connectivity index (χ1) is 8.20. The third kappa shape index (κ3) is 3.06. The Morgan fingerprint density at radius 2 is 2.12 bits per heavy atom. The first kappa shape index (κ1) is 12.6. The zero-order valence-corrected chi connectivity index (χ0v) is 11.1. The van der Waals surface area contributed by atoms with E-state index < -0.39 is 0 Å². The standard InChI is InChI=1S/C13H15BrFNO/c14-9-10-4-6-16(7-5-10)13(17)11-2-1-3-12(15)8-11/h1-3,8,10H,4-7,9H2. The number of hydrogen-bond donors (Lipinski definition) is 0. The molecule has 1 aliphatic rings. The monoisotopic (exact) mass is 299 g/mol. The molecule has 17 heavy (non-hydrogen) atoms. The van der Waals surface area contributed by atoms with Crippen molar-refractivity contribution in [2.45, 2.75) is 12.8 Å². The Balaban J connectivity index is 2.02. The fraction of sp³-hybridized carbons (Fsp3) is 0.462. The van der Waals surface area contributed by atoms with Crippen molar-refractivity contribution >= 4 is 21.8 Å². The molecule has 1 aliphatic heterocycles. The van der Waals surface area contributed by atoms with Gasteiger partial charge in [0.2, 0.25) is 0 Å². The summed E-state index contributed by atoms with van der Waals surface area (Å²) in [7, 11) is 0. The highest BCUT2D eigenvalue weighted by Gasteiger charge is 2.22. The molecule has 1 aromatic rings. The van der Waals surface area contributed by atoms with Crippen LogP contribution in [0.2, 0.25) is 0 Å². The third-order valence-corrected chi connectivity index (χ3v) is 4.11. The maximum atomic E-state index is 13.0. The molecule has 0 aromatic heterocycles. The topological polar surface area (TPSA) is 20.3 Å². The highest BCUT2D eigenvalue weighted by Crippen LogP contribution is 2.20. The largest absolute Gasteiger partial charge is 0.339 e. The van der Waals surface area contributed by atoms with E-state index in [1.165, 1.54) is 12.1 Å². The predicted molar refractivity (Wildman–Crippen MR) is 68.8 cm³/mol. The van der Waals surface area contributed by atoms with Crippen molar-refractivity contribution in [1.82, 2.24) is 4.90 Å². The Morgan fingerprint density at radius 1 is 1.41 bits per heavy atom. The molecule has 0 atom stereocenters. The van der Waals surface area contributed by atoms with Gasteiger partial charge >= 0.3 is 0 Å². The molecule has 2 nitrogen and oxygen atoms in total. The number of piperidine rings is 1. The van der Waals surface area contributed by atoms with Crippen LogP contribution in [0.1, 0.15) is 23.2 Å². The maximum Gasteiger partial charge on any atom is 0.253 e. The van der Waals surface area contributed by atoms with Gasteiger partial charge in [0.1, 0.15) is 5.82 Å². The van der Waals surface area contributed by atoms with Gasteiger partial charge in [-0.2, -0.15) is 0 Å². The average Bonchev–Trinajstić information content (AvgIpc) is 2.38. The van der Waals surface area contributed by atoms with Crippen molar-refractivity contribution in [3.63, 3.8) is 0 Å². The Kier molecular flexibility index (Phi) is 4.15. The maximum absolute atomic E-state index is 13.0. The number of nitrogens with zero attached hydrogens (tertiary/aromatic N) is 1. The summed E-state index contributed by atoms with van der Waals surface area (Å²) in [5.41, 5.74) is 0.447. The molecule has 4 heteroatoms. The van der Waals surface area contributed by atoms with Crippen LogP contribution in [-0.2, 0) is 0 Å². The first-order valence-corrected chi connectivity index (χ1v) is 6.93. The van der Waals surface area contributed by atoms with Gasteiger partial charge in [0.05, 0.1) is 0 Å². The number of rotatable bonds is 2. The van der Waals surface area contributed by atoms with Crippen molar-refractivity contribution in [3.8, 4) is 0 Å². The molecule has 0 radical (unpaired) electrons. The molecule has 0 N–H and O–H groups in total. The van der Waals surface area contributed by atoms with Crippen molar-refractivity contribution < 1.29 is 9.18 Å². The van der Waals surface area contributed by atoms with Crippen LogP contribution in [0.25, 0.3) is 0 Å². The second-order valence-corrected chi connectivity index (χ2v) is 5.05. The predicted octanol–water partition coefficient (Wildman–Crippen LogP) is 3.07. The van der Waals surface area contributed by atoms with Gasteiger partial charge in [-0.05, 0) is 37.0 Å². The second kappa shape index (κ2) is 5.63. The smallest absolute Gasteiger partial charge is 0.253 e. The Hall–Kier alpha value is -0.900. The van der Waals surface area contributed by atoms with E-state index in [9.17, 15) is 9.18 Å². The van der Waals surface area contributed by atoms with Gasteiger partial charge in [-0.1, -0.05) is 22.0 Å². The normalized spacial score (nSPS) is 17.2. The van der Waals surface area contributed by atoms with Crippen molar-refractivity contribution in [2.75, 3.05) is 18.4 Å². The molecule has 0 unspecified atom stereocenters. The minimum atomic E-state index is -0.355. The molecule has 0 saturated carbocycles. The van der Waals surface area contributed by atoms with Gasteiger partial charge in [-0.15, -0.1) is 0 Å². The summed E-state index contributed by atoms with van der Waals surface area (Å²) >= 11 is 3.47. The molecule has 1 amide bonds. The summed E-state index contributed by atoms with van der Waals surface area (Å²) in [5, 5.41) is 0.995. The lowest BCUT2D eigenvalue weighted by atomic mass is 9.98. The highest BCUT2D eigenvalue weighted by atomic mass is 79.9. The van der Waals surface area contributed by atoms with E-state index in [-0.39, 0.29) is 11.7 Å². The number of carbonyl (C=O) groups excluding carboxylic acids is 1. The minimum Gasteiger partial charge on any atom is -0.339 e. The number of hydrogen-bond acceptors (Lipinski definition) is 1. The van der Waals surface area contributed by atoms with E-state index >= 15 is 0 Å². The number of halogens is 2. The Bertz CT molecular complexity index is 402. The van der Waals surface area contributed by atoms with Crippen molar-refractivity contribution in [1.29, 1.82) is 0 Å². The lowest BCUT2D eigenvalue weighted by molar-refractivity contribution is 0.0698. The fourth-order valence-corrected chi connectivity index (χ4v) is 2.74. The fourth-order valence-electron chi connectivity index (χ4n) is 2.09. The number of likely N-dealkylation sites (tertiary alicyclic amines) is 1. The molecule has 92 valence electrons. The average molecular weight is 300 g/mol. The van der Waals surface area contributed by atoms with Crippen LogP contribution in [0.5, 0.6) is 0 Å². The molecule has 0 spiro atoms. The zero-order chi connectivity index (χ0) is 12.3. The summed E-state index contributed by atoms with van der Waals surface area (Å²) in [4.78, 5) is 13.9. The number of alkyl halides is 1. The molecule has 2 rings (SSSR count). The van der Waals surface area contributed by atoms with E-state index in [2.05, 4.69) is 15.9 Å². The lowest BCUT2D eigenvalue weighted by Gasteiger charge is -2.31. The van der Waals surface area contributed by atoms with E-state index in [0.29, 0.717) is 11.5 Å². The quantitative estimate of drug-likeness (QED) is 0.769. The van der Waals surface area contributed by atoms with Gasteiger partial charge in [-0.3, -0.25) is 4.79 Å². The van der Waals surface area contributed by atoms with Gasteiger partial charge in [0, 0.05) is 24.0 Å². The Labute approximate surface area is 109 Å². The molecule has 1 saturated heterocycles. The van der Waals surface area contributed by atoms with E-state index in [0.717, 1.165) is 31.3 Å². The molecular weight excluding hydrogens is 285 g/mol. The summed E-state index contributed by atoms with van der Waals surface area (Å²) < 4.78 is 13.0. The van der Waals surface area contributed by atoms with Gasteiger partial charge in [-0.25, -0.2) is 4.39 Å². The summed E-state index contributed by atoms with van der Waals surface area (Å²) in [6.45, 7) is 1.54. The van der Waals surface area contributed by atoms with Crippen LogP contribution in [0.3, 0.4) is 0 Å². The summed E-state index contributed by atoms with van der Waals surface area (Å²) in [6, 6.07) is 5.91. The zero-order valence-electron chi connectivity index (χ0n) is 9.53. The molecule has 0 aliphatic carbocycles. The number of benzene rings is 1. The summed E-state index contributed by atoms with van der Waals surface area (Å²) in [6.07, 6.45) is 2.04. The molecule has 1 fully saturated rings. The SMILES string of the molecule is O=C(c1cccc(F)c1)N1CCC(CBr)CC1. The second-order valence-electron chi connectivity index (χ2n) is 4.40. The van der Waals surface area contributed by atoms with E-state index in [1.807, 2.05) is 4.90 Å². The summed E-state index contributed by atoms with van der Waals surface area (Å²) in [5.74, 6) is 0.246. The third-order valence-electron chi connectivity index (χ3n) is 3.19. The number of amides is 1. The van der Waals surface area contributed by atoms with Crippen LogP contribution in [-0.4, -0.2) is 29.2 Å². The van der Waals surface area contributed by atoms with Crippen LogP contribution < -0.4 is 0 Å². The lowest BCUT2D eigenvalue weighted by Crippen LogP contribution is -2.38. The minimum absolute atomic E-state index is 0.0578. The van der Waals surface area contributed by atoms with Gasteiger partial charge in [0.25, 0.3) is 5.91 Å². The molecule has 0 bridgehead atoms. The number of carbonyl (C=O) groups is 1. The first-order valence-electron chi connectivity index (χ1n) is 5.81. The van der Waals surface area contributed by atoms with Crippen molar-refractivity contribution in [3.05, 3.63) is 35.6 Å². The van der Waals surface area contributed by atoms with Gasteiger partial charge < -0.3 is 4.90 Å². The van der Waals surface area contributed by atoms with E-state index in [1.54, 1.807) is 12.1 Å². The van der Waals surface area contributed by atoms with E-state index in [4.69, 9.17) is 0 Å². The highest BCUT2D eigenvalue weighted by molar-refractivity contribution is 9.09. The van der Waals surface area contributed by atoms with Gasteiger partial charge in [0.15, 0.2) is 0 Å². The van der Waals surface area contributed by atoms with Crippen LogP contribution in [0, 0.1) is 11.7 Å². The molecule has 1 aromatic carbocycles. The van der Waals surface area contributed by atoms with Crippen molar-refractivity contribution in [2.24, 2.45) is 5.92 Å². The van der Waals surface area contributed by atoms with Crippen LogP contribution >= 0.6 is 15.9 Å².